The van der Waals surface area contributed by atoms with Crippen LogP contribution < -0.4 is 4.74 Å². The lowest BCUT2D eigenvalue weighted by molar-refractivity contribution is 0.259. The minimum atomic E-state index is 0.621. The van der Waals surface area contributed by atoms with Crippen LogP contribution in [-0.2, 0) is 0 Å². The maximum atomic E-state index is 5.48. The van der Waals surface area contributed by atoms with Crippen LogP contribution in [0.3, 0.4) is 0 Å². The fraction of sp³-hybridized carbons (Fsp3) is 0.438. The van der Waals surface area contributed by atoms with Gasteiger partial charge in [0, 0.05) is 25.0 Å². The number of hydrogen-bond acceptors (Lipinski definition) is 3. The minimum Gasteiger partial charge on any atom is -0.496 e. The maximum Gasteiger partial charge on any atom is 0.122 e. The Kier molecular flexibility index (Phi) is 3.53. The fourth-order valence-corrected chi connectivity index (χ4v) is 3.02. The summed E-state index contributed by atoms with van der Waals surface area (Å²) in [5, 5.41) is 0. The molecule has 1 aromatic rings. The van der Waals surface area contributed by atoms with E-state index in [-0.39, 0.29) is 0 Å². The van der Waals surface area contributed by atoms with Gasteiger partial charge in [0.2, 0.25) is 0 Å². The van der Waals surface area contributed by atoms with Crippen molar-refractivity contribution in [1.82, 2.24) is 4.90 Å². The van der Waals surface area contributed by atoms with Gasteiger partial charge in [-0.1, -0.05) is 18.2 Å². The molecule has 1 fully saturated rings. The molecule has 100 valence electrons. The Labute approximate surface area is 114 Å². The van der Waals surface area contributed by atoms with Crippen molar-refractivity contribution < 1.29 is 4.74 Å². The lowest BCUT2D eigenvalue weighted by atomic mass is 9.88. The second-order valence-corrected chi connectivity index (χ2v) is 5.15. The topological polar surface area (TPSA) is 24.8 Å². The van der Waals surface area contributed by atoms with Crippen LogP contribution >= 0.6 is 0 Å². The van der Waals surface area contributed by atoms with Crippen LogP contribution in [0.5, 0.6) is 5.75 Å². The van der Waals surface area contributed by atoms with Gasteiger partial charge >= 0.3 is 0 Å². The SMILES string of the molecule is COc1ccccc1C1CCN(C2=CC=NC2)CC1. The summed E-state index contributed by atoms with van der Waals surface area (Å²) in [4.78, 5) is 6.74. The van der Waals surface area contributed by atoms with E-state index >= 15 is 0 Å². The average Bonchev–Trinajstić information content (AvgIpc) is 3.02. The number of piperidine rings is 1. The van der Waals surface area contributed by atoms with E-state index in [0.29, 0.717) is 5.92 Å². The predicted molar refractivity (Wildman–Crippen MR) is 78.0 cm³/mol. The molecular formula is C16H20N2O. The largest absolute Gasteiger partial charge is 0.496 e. The summed E-state index contributed by atoms with van der Waals surface area (Å²) in [7, 11) is 1.76. The number of aliphatic imine (C=N–C) groups is 1. The standard InChI is InChI=1S/C16H20N2O/c1-19-16-5-3-2-4-15(16)13-7-10-18(11-8-13)14-6-9-17-12-14/h2-6,9,13H,7-8,10-12H2,1H3. The summed E-state index contributed by atoms with van der Waals surface area (Å²) in [5.41, 5.74) is 2.74. The molecule has 3 heteroatoms. The van der Waals surface area contributed by atoms with E-state index in [1.807, 2.05) is 12.3 Å². The first kappa shape index (κ1) is 12.3. The van der Waals surface area contributed by atoms with Gasteiger partial charge in [0.25, 0.3) is 0 Å². The van der Waals surface area contributed by atoms with E-state index in [1.54, 1.807) is 7.11 Å². The van der Waals surface area contributed by atoms with Crippen LogP contribution in [0.15, 0.2) is 41.0 Å². The van der Waals surface area contributed by atoms with Crippen molar-refractivity contribution in [2.75, 3.05) is 26.7 Å². The molecule has 0 atom stereocenters. The number of nitrogens with zero attached hydrogens (tertiary/aromatic N) is 2. The third-order valence-corrected chi connectivity index (χ3v) is 4.11. The first-order valence-electron chi connectivity index (χ1n) is 6.95. The molecule has 0 unspecified atom stereocenters. The van der Waals surface area contributed by atoms with Crippen LogP contribution in [0.4, 0.5) is 0 Å². The molecular weight excluding hydrogens is 236 g/mol. The van der Waals surface area contributed by atoms with Gasteiger partial charge in [0.05, 0.1) is 13.7 Å². The van der Waals surface area contributed by atoms with Gasteiger partial charge < -0.3 is 9.64 Å². The van der Waals surface area contributed by atoms with Gasteiger partial charge in [-0.05, 0) is 36.5 Å². The Hall–Kier alpha value is -1.77. The molecule has 19 heavy (non-hydrogen) atoms. The van der Waals surface area contributed by atoms with Crippen molar-refractivity contribution in [2.24, 2.45) is 4.99 Å². The van der Waals surface area contributed by atoms with Gasteiger partial charge in [-0.15, -0.1) is 0 Å². The normalized spacial score (nSPS) is 19.6. The Morgan fingerprint density at radius 3 is 2.68 bits per heavy atom. The first-order chi connectivity index (χ1) is 9.38. The Morgan fingerprint density at radius 1 is 1.21 bits per heavy atom. The zero-order chi connectivity index (χ0) is 13.1. The van der Waals surface area contributed by atoms with Crippen LogP contribution in [0.25, 0.3) is 0 Å². The fourth-order valence-electron chi connectivity index (χ4n) is 3.02. The van der Waals surface area contributed by atoms with Crippen molar-refractivity contribution in [3.63, 3.8) is 0 Å². The van der Waals surface area contributed by atoms with Crippen molar-refractivity contribution in [3.05, 3.63) is 41.6 Å². The van der Waals surface area contributed by atoms with Crippen LogP contribution in [0, 0.1) is 0 Å². The zero-order valence-corrected chi connectivity index (χ0v) is 11.4. The summed E-state index contributed by atoms with van der Waals surface area (Å²) in [5.74, 6) is 1.65. The number of ether oxygens (including phenoxy) is 1. The van der Waals surface area contributed by atoms with E-state index < -0.39 is 0 Å². The lowest BCUT2D eigenvalue weighted by Gasteiger charge is -2.34. The molecule has 2 aliphatic rings. The zero-order valence-electron chi connectivity index (χ0n) is 11.4. The van der Waals surface area contributed by atoms with E-state index in [1.165, 1.54) is 24.1 Å². The molecule has 0 amide bonds. The highest BCUT2D eigenvalue weighted by molar-refractivity contribution is 5.74. The second kappa shape index (κ2) is 5.47. The van der Waals surface area contributed by atoms with Crippen LogP contribution in [-0.4, -0.2) is 37.9 Å². The van der Waals surface area contributed by atoms with Crippen molar-refractivity contribution in [2.45, 2.75) is 18.8 Å². The Balaban J connectivity index is 1.66. The molecule has 2 aliphatic heterocycles. The highest BCUT2D eigenvalue weighted by Crippen LogP contribution is 2.34. The second-order valence-electron chi connectivity index (χ2n) is 5.15. The van der Waals surface area contributed by atoms with E-state index in [4.69, 9.17) is 4.74 Å². The molecule has 1 aromatic carbocycles. The summed E-state index contributed by atoms with van der Waals surface area (Å²) >= 11 is 0. The third-order valence-electron chi connectivity index (χ3n) is 4.11. The van der Waals surface area contributed by atoms with Gasteiger partial charge in [-0.3, -0.25) is 4.99 Å². The molecule has 2 heterocycles. The van der Waals surface area contributed by atoms with Crippen molar-refractivity contribution in [1.29, 1.82) is 0 Å². The molecule has 3 nitrogen and oxygen atoms in total. The molecule has 3 rings (SSSR count). The highest BCUT2D eigenvalue weighted by atomic mass is 16.5. The average molecular weight is 256 g/mol. The van der Waals surface area contributed by atoms with Crippen LogP contribution in [0.1, 0.15) is 24.3 Å². The highest BCUT2D eigenvalue weighted by Gasteiger charge is 2.24. The molecule has 0 spiro atoms. The minimum absolute atomic E-state index is 0.621. The predicted octanol–water partition coefficient (Wildman–Crippen LogP) is 2.84. The lowest BCUT2D eigenvalue weighted by Crippen LogP contribution is -2.32. The monoisotopic (exact) mass is 256 g/mol. The molecule has 0 aliphatic carbocycles. The number of hydrogen-bond donors (Lipinski definition) is 0. The van der Waals surface area contributed by atoms with E-state index in [0.717, 1.165) is 25.4 Å². The van der Waals surface area contributed by atoms with Gasteiger partial charge in [-0.25, -0.2) is 0 Å². The van der Waals surface area contributed by atoms with Crippen molar-refractivity contribution in [3.8, 4) is 5.75 Å². The van der Waals surface area contributed by atoms with Gasteiger partial charge in [-0.2, -0.15) is 0 Å². The number of rotatable bonds is 3. The number of methoxy groups -OCH3 is 1. The first-order valence-corrected chi connectivity index (χ1v) is 6.95. The number of para-hydroxylation sites is 1. The van der Waals surface area contributed by atoms with Gasteiger partial charge in [0.15, 0.2) is 0 Å². The molecule has 0 N–H and O–H groups in total. The smallest absolute Gasteiger partial charge is 0.122 e. The molecule has 1 saturated heterocycles. The van der Waals surface area contributed by atoms with Crippen LogP contribution in [0.2, 0.25) is 0 Å². The number of likely N-dealkylation sites (tertiary alicyclic amines) is 1. The quantitative estimate of drug-likeness (QED) is 0.830. The van der Waals surface area contributed by atoms with Crippen molar-refractivity contribution >= 4 is 6.21 Å². The third kappa shape index (κ3) is 2.50. The summed E-state index contributed by atoms with van der Waals surface area (Å²) < 4.78 is 5.48. The maximum absolute atomic E-state index is 5.48. The Bertz CT molecular complexity index is 499. The molecule has 0 aromatic heterocycles. The Morgan fingerprint density at radius 2 is 2.00 bits per heavy atom. The van der Waals surface area contributed by atoms with E-state index in [2.05, 4.69) is 34.2 Å². The number of benzene rings is 1. The molecule has 0 bridgehead atoms. The molecule has 0 saturated carbocycles. The number of allylic oxidation sites excluding steroid dienone is 1. The summed E-state index contributed by atoms with van der Waals surface area (Å²) in [6.07, 6.45) is 6.44. The summed E-state index contributed by atoms with van der Waals surface area (Å²) in [6, 6.07) is 8.42. The van der Waals surface area contributed by atoms with Gasteiger partial charge in [0.1, 0.15) is 5.75 Å². The van der Waals surface area contributed by atoms with E-state index in [9.17, 15) is 0 Å². The molecule has 0 radical (unpaired) electrons. The summed E-state index contributed by atoms with van der Waals surface area (Å²) in [6.45, 7) is 3.11.